The molecule has 1 saturated heterocycles. The minimum absolute atomic E-state index is 0.0933. The van der Waals surface area contributed by atoms with Gasteiger partial charge in [-0.2, -0.15) is 0 Å². The fourth-order valence-corrected chi connectivity index (χ4v) is 3.22. The predicted octanol–water partition coefficient (Wildman–Crippen LogP) is 1.24. The van der Waals surface area contributed by atoms with Crippen LogP contribution in [0.1, 0.15) is 30.4 Å². The van der Waals surface area contributed by atoms with Crippen LogP contribution in [0, 0.1) is 0 Å². The molecule has 6 nitrogen and oxygen atoms in total. The first-order valence-electron chi connectivity index (χ1n) is 6.99. The fraction of sp³-hybridized carbons (Fsp3) is 0.400. The maximum atomic E-state index is 12.7. The van der Waals surface area contributed by atoms with Gasteiger partial charge in [-0.05, 0) is 30.4 Å². The molecule has 1 aliphatic heterocycles. The molecule has 1 aliphatic carbocycles. The second-order valence-electron chi connectivity index (χ2n) is 5.45. The Morgan fingerprint density at radius 3 is 2.86 bits per heavy atom. The third kappa shape index (κ3) is 2.07. The number of carboxylic acid groups (broad SMARTS) is 1. The van der Waals surface area contributed by atoms with E-state index in [1.165, 1.54) is 0 Å². The maximum Gasteiger partial charge on any atom is 0.325 e. The third-order valence-electron chi connectivity index (χ3n) is 4.20. The number of rotatable bonds is 3. The van der Waals surface area contributed by atoms with Gasteiger partial charge in [0.25, 0.3) is 5.91 Å². The molecule has 1 heterocycles. The van der Waals surface area contributed by atoms with Crippen LogP contribution < -0.4 is 5.32 Å². The van der Waals surface area contributed by atoms with E-state index in [2.05, 4.69) is 5.32 Å². The van der Waals surface area contributed by atoms with Crippen LogP contribution in [-0.4, -0.2) is 34.5 Å². The number of hydrogen-bond donors (Lipinski definition) is 2. The Morgan fingerprint density at radius 1 is 1.33 bits per heavy atom. The third-order valence-corrected chi connectivity index (χ3v) is 4.20. The summed E-state index contributed by atoms with van der Waals surface area (Å²) < 4.78 is 0. The van der Waals surface area contributed by atoms with Crippen LogP contribution in [-0.2, 0) is 21.5 Å². The molecule has 3 amide bonds. The van der Waals surface area contributed by atoms with E-state index in [0.29, 0.717) is 6.42 Å². The van der Waals surface area contributed by atoms with Gasteiger partial charge >= 0.3 is 12.0 Å². The Morgan fingerprint density at radius 2 is 2.10 bits per heavy atom. The summed E-state index contributed by atoms with van der Waals surface area (Å²) in [7, 11) is 0. The van der Waals surface area contributed by atoms with E-state index < -0.39 is 17.5 Å². The Kier molecular flexibility index (Phi) is 3.16. The van der Waals surface area contributed by atoms with E-state index in [1.54, 1.807) is 0 Å². The van der Waals surface area contributed by atoms with Gasteiger partial charge < -0.3 is 10.4 Å². The average molecular weight is 288 g/mol. The number of benzene rings is 1. The number of carboxylic acids is 1. The van der Waals surface area contributed by atoms with E-state index in [0.717, 1.165) is 28.9 Å². The SMILES string of the molecule is O=C(O)CCN1C(=O)NC2(CCCc3ccccc32)C1=O. The van der Waals surface area contributed by atoms with Crippen LogP contribution in [0.4, 0.5) is 4.79 Å². The number of urea groups is 1. The monoisotopic (exact) mass is 288 g/mol. The maximum absolute atomic E-state index is 12.7. The van der Waals surface area contributed by atoms with Crippen molar-refractivity contribution in [3.8, 4) is 0 Å². The molecule has 21 heavy (non-hydrogen) atoms. The summed E-state index contributed by atoms with van der Waals surface area (Å²) in [6.45, 7) is -0.0933. The molecule has 2 aliphatic rings. The van der Waals surface area contributed by atoms with E-state index in [4.69, 9.17) is 5.11 Å². The summed E-state index contributed by atoms with van der Waals surface area (Å²) in [5.41, 5.74) is 0.898. The largest absolute Gasteiger partial charge is 0.481 e. The topological polar surface area (TPSA) is 86.7 Å². The highest BCUT2D eigenvalue weighted by Crippen LogP contribution is 2.39. The molecule has 0 aromatic heterocycles. The number of fused-ring (bicyclic) bond motifs is 2. The summed E-state index contributed by atoms with van der Waals surface area (Å²) in [5, 5.41) is 11.5. The lowest BCUT2D eigenvalue weighted by atomic mass is 9.76. The van der Waals surface area contributed by atoms with Crippen molar-refractivity contribution in [2.75, 3.05) is 6.54 Å². The first-order chi connectivity index (χ1) is 10.0. The summed E-state index contributed by atoms with van der Waals surface area (Å²) in [6, 6.07) is 7.10. The summed E-state index contributed by atoms with van der Waals surface area (Å²) >= 11 is 0. The molecule has 0 bridgehead atoms. The van der Waals surface area contributed by atoms with Crippen molar-refractivity contribution in [3.05, 3.63) is 35.4 Å². The fourth-order valence-electron chi connectivity index (χ4n) is 3.22. The minimum atomic E-state index is -1.03. The molecule has 1 aromatic carbocycles. The Bertz CT molecular complexity index is 628. The number of amides is 3. The van der Waals surface area contributed by atoms with Crippen LogP contribution in [0.15, 0.2) is 24.3 Å². The molecular weight excluding hydrogens is 272 g/mol. The molecule has 6 heteroatoms. The van der Waals surface area contributed by atoms with Crippen LogP contribution in [0.2, 0.25) is 0 Å². The molecule has 1 atom stereocenters. The predicted molar refractivity (Wildman–Crippen MR) is 73.6 cm³/mol. The first kappa shape index (κ1) is 13.6. The molecule has 0 radical (unpaired) electrons. The molecule has 3 rings (SSSR count). The number of nitrogens with one attached hydrogen (secondary N) is 1. The normalized spacial score (nSPS) is 24.1. The molecule has 110 valence electrons. The van der Waals surface area contributed by atoms with Crippen molar-refractivity contribution < 1.29 is 19.5 Å². The summed E-state index contributed by atoms with van der Waals surface area (Å²) in [6.07, 6.45) is 2.01. The molecular formula is C15H16N2O4. The number of hydrogen-bond acceptors (Lipinski definition) is 3. The highest BCUT2D eigenvalue weighted by atomic mass is 16.4. The Balaban J connectivity index is 1.95. The molecule has 1 unspecified atom stereocenters. The van der Waals surface area contributed by atoms with Crippen LogP contribution >= 0.6 is 0 Å². The summed E-state index contributed by atoms with van der Waals surface area (Å²) in [4.78, 5) is 36.5. The van der Waals surface area contributed by atoms with Crippen molar-refractivity contribution in [2.24, 2.45) is 0 Å². The summed E-state index contributed by atoms with van der Waals surface area (Å²) in [5.74, 6) is -1.36. The van der Waals surface area contributed by atoms with Crippen LogP contribution in [0.25, 0.3) is 0 Å². The number of aliphatic carboxylic acids is 1. The van der Waals surface area contributed by atoms with Crippen molar-refractivity contribution >= 4 is 17.9 Å². The zero-order valence-corrected chi connectivity index (χ0v) is 11.5. The van der Waals surface area contributed by atoms with Gasteiger partial charge in [-0.1, -0.05) is 24.3 Å². The van der Waals surface area contributed by atoms with Gasteiger partial charge in [0.05, 0.1) is 6.42 Å². The molecule has 2 N–H and O–H groups in total. The standard InChI is InChI=1S/C15H16N2O4/c18-12(19)7-9-17-13(20)15(16-14(17)21)8-3-5-10-4-1-2-6-11(10)15/h1-2,4,6H,3,5,7-9H2,(H,16,21)(H,18,19). The average Bonchev–Trinajstić information content (AvgIpc) is 2.69. The lowest BCUT2D eigenvalue weighted by molar-refractivity contribution is -0.138. The number of nitrogens with zero attached hydrogens (tertiary/aromatic N) is 1. The van der Waals surface area contributed by atoms with Gasteiger partial charge in [0.15, 0.2) is 0 Å². The van der Waals surface area contributed by atoms with Crippen molar-refractivity contribution in [2.45, 2.75) is 31.2 Å². The van der Waals surface area contributed by atoms with Gasteiger partial charge in [-0.15, -0.1) is 0 Å². The second kappa shape index (κ2) is 4.87. The smallest absolute Gasteiger partial charge is 0.325 e. The lowest BCUT2D eigenvalue weighted by Gasteiger charge is -2.33. The zero-order chi connectivity index (χ0) is 15.0. The van der Waals surface area contributed by atoms with E-state index in [9.17, 15) is 14.4 Å². The van der Waals surface area contributed by atoms with E-state index in [-0.39, 0.29) is 18.9 Å². The van der Waals surface area contributed by atoms with Crippen molar-refractivity contribution in [3.63, 3.8) is 0 Å². The second-order valence-corrected chi connectivity index (χ2v) is 5.45. The zero-order valence-electron chi connectivity index (χ0n) is 11.5. The molecule has 1 fully saturated rings. The van der Waals surface area contributed by atoms with Crippen LogP contribution in [0.3, 0.4) is 0 Å². The minimum Gasteiger partial charge on any atom is -0.481 e. The van der Waals surface area contributed by atoms with E-state index in [1.807, 2.05) is 24.3 Å². The molecule has 0 saturated carbocycles. The van der Waals surface area contributed by atoms with Gasteiger partial charge in [-0.25, -0.2) is 4.79 Å². The van der Waals surface area contributed by atoms with Gasteiger partial charge in [-0.3, -0.25) is 14.5 Å². The van der Waals surface area contributed by atoms with E-state index >= 15 is 0 Å². The number of aryl methyl sites for hydroxylation is 1. The molecule has 1 aromatic rings. The number of carbonyl (C=O) groups is 3. The lowest BCUT2D eigenvalue weighted by Crippen LogP contribution is -2.46. The van der Waals surface area contributed by atoms with Crippen LogP contribution in [0.5, 0.6) is 0 Å². The number of carbonyl (C=O) groups excluding carboxylic acids is 2. The Labute approximate surface area is 121 Å². The van der Waals surface area contributed by atoms with Crippen molar-refractivity contribution in [1.82, 2.24) is 10.2 Å². The van der Waals surface area contributed by atoms with Crippen molar-refractivity contribution in [1.29, 1.82) is 0 Å². The van der Waals surface area contributed by atoms with Gasteiger partial charge in [0, 0.05) is 6.54 Å². The molecule has 1 spiro atoms. The quantitative estimate of drug-likeness (QED) is 0.819. The highest BCUT2D eigenvalue weighted by molar-refractivity contribution is 6.07. The Hall–Kier alpha value is -2.37. The number of imide groups is 1. The highest BCUT2D eigenvalue weighted by Gasteiger charge is 2.53. The van der Waals surface area contributed by atoms with Gasteiger partial charge in [0.2, 0.25) is 0 Å². The van der Waals surface area contributed by atoms with Gasteiger partial charge in [0.1, 0.15) is 5.54 Å². The first-order valence-corrected chi connectivity index (χ1v) is 6.99.